The van der Waals surface area contributed by atoms with E-state index in [0.29, 0.717) is 30.8 Å². The normalized spacial score (nSPS) is 15.3. The van der Waals surface area contributed by atoms with E-state index in [4.69, 9.17) is 4.74 Å². The van der Waals surface area contributed by atoms with E-state index in [9.17, 15) is 9.18 Å². The van der Waals surface area contributed by atoms with Crippen molar-refractivity contribution < 1.29 is 13.9 Å². The quantitative estimate of drug-likeness (QED) is 0.465. The number of nitrogens with zero attached hydrogens (tertiary/aromatic N) is 1. The van der Waals surface area contributed by atoms with Gasteiger partial charge in [0.1, 0.15) is 0 Å². The number of hydrogen-bond acceptors (Lipinski definition) is 3. The van der Waals surface area contributed by atoms with Crippen LogP contribution in [0.15, 0.2) is 23.2 Å². The summed E-state index contributed by atoms with van der Waals surface area (Å²) in [7, 11) is 1.63. The van der Waals surface area contributed by atoms with E-state index in [2.05, 4.69) is 20.9 Å². The van der Waals surface area contributed by atoms with Crippen molar-refractivity contribution >= 4 is 11.9 Å². The van der Waals surface area contributed by atoms with Gasteiger partial charge in [-0.15, -0.1) is 0 Å². The van der Waals surface area contributed by atoms with Gasteiger partial charge in [-0.25, -0.2) is 4.39 Å². The summed E-state index contributed by atoms with van der Waals surface area (Å²) in [6, 6.07) is 4.80. The van der Waals surface area contributed by atoms with Crippen molar-refractivity contribution in [3.63, 3.8) is 0 Å². The second kappa shape index (κ2) is 9.99. The Labute approximate surface area is 154 Å². The number of aliphatic imine (C=N–C) groups is 1. The zero-order chi connectivity index (χ0) is 18.9. The molecule has 1 atom stereocenters. The summed E-state index contributed by atoms with van der Waals surface area (Å²) in [5.74, 6) is 0.907. The molecule has 2 rings (SSSR count). The maximum atomic E-state index is 14.2. The minimum absolute atomic E-state index is 0.0920. The fourth-order valence-corrected chi connectivity index (χ4v) is 2.37. The number of ether oxygens (including phenoxy) is 1. The number of amides is 1. The van der Waals surface area contributed by atoms with Crippen molar-refractivity contribution in [2.24, 2.45) is 10.9 Å². The number of guanidine groups is 1. The summed E-state index contributed by atoms with van der Waals surface area (Å²) in [5.41, 5.74) is 0.777. The van der Waals surface area contributed by atoms with Gasteiger partial charge in [0.15, 0.2) is 17.5 Å². The summed E-state index contributed by atoms with van der Waals surface area (Å²) in [5, 5.41) is 8.89. The summed E-state index contributed by atoms with van der Waals surface area (Å²) in [6.07, 6.45) is 3.23. The highest BCUT2D eigenvalue weighted by Gasteiger charge is 2.22. The third-order valence-electron chi connectivity index (χ3n) is 4.19. The van der Waals surface area contributed by atoms with E-state index in [0.717, 1.165) is 12.0 Å². The smallest absolute Gasteiger partial charge is 0.239 e. The van der Waals surface area contributed by atoms with Crippen molar-refractivity contribution in [3.8, 4) is 5.75 Å². The second-order valence-electron chi connectivity index (χ2n) is 6.59. The molecule has 1 aromatic carbocycles. The average Bonchev–Trinajstić information content (AvgIpc) is 3.46. The molecule has 1 saturated carbocycles. The summed E-state index contributed by atoms with van der Waals surface area (Å²) in [6.45, 7) is 5.27. The van der Waals surface area contributed by atoms with E-state index < -0.39 is 0 Å². The number of carbonyl (C=O) groups excluding carboxylic acids is 1. The van der Waals surface area contributed by atoms with Crippen molar-refractivity contribution in [2.45, 2.75) is 39.2 Å². The van der Waals surface area contributed by atoms with E-state index in [1.165, 1.54) is 18.9 Å². The maximum absolute atomic E-state index is 14.2. The van der Waals surface area contributed by atoms with E-state index in [1.807, 2.05) is 19.9 Å². The summed E-state index contributed by atoms with van der Waals surface area (Å²) in [4.78, 5) is 15.8. The van der Waals surface area contributed by atoms with E-state index in [-0.39, 0.29) is 24.3 Å². The van der Waals surface area contributed by atoms with Crippen LogP contribution in [0.4, 0.5) is 4.39 Å². The lowest BCUT2D eigenvalue weighted by molar-refractivity contribution is -0.120. The Morgan fingerprint density at radius 1 is 1.38 bits per heavy atom. The Kier molecular flexibility index (Phi) is 7.69. The van der Waals surface area contributed by atoms with Crippen LogP contribution in [-0.4, -0.2) is 38.6 Å². The molecule has 0 aromatic heterocycles. The van der Waals surface area contributed by atoms with E-state index >= 15 is 0 Å². The minimum Gasteiger partial charge on any atom is -0.490 e. The van der Waals surface area contributed by atoms with Crippen LogP contribution < -0.4 is 20.7 Å². The van der Waals surface area contributed by atoms with Crippen LogP contribution in [0.3, 0.4) is 0 Å². The molecule has 7 heteroatoms. The average molecular weight is 364 g/mol. The van der Waals surface area contributed by atoms with Gasteiger partial charge in [0.25, 0.3) is 0 Å². The maximum Gasteiger partial charge on any atom is 0.239 e. The lowest BCUT2D eigenvalue weighted by Crippen LogP contribution is -2.44. The van der Waals surface area contributed by atoms with Gasteiger partial charge in [-0.3, -0.25) is 9.79 Å². The van der Waals surface area contributed by atoms with Gasteiger partial charge in [-0.05, 0) is 49.8 Å². The Hall–Kier alpha value is -2.31. The predicted molar refractivity (Wildman–Crippen MR) is 101 cm³/mol. The zero-order valence-electron chi connectivity index (χ0n) is 15.8. The van der Waals surface area contributed by atoms with Crippen LogP contribution in [0.5, 0.6) is 5.75 Å². The first kappa shape index (κ1) is 20.0. The molecular weight excluding hydrogens is 335 g/mol. The van der Waals surface area contributed by atoms with Crippen LogP contribution in [0, 0.1) is 11.7 Å². The molecular formula is C19H29FN4O2. The first-order valence-corrected chi connectivity index (χ1v) is 9.19. The molecule has 0 radical (unpaired) electrons. The highest BCUT2D eigenvalue weighted by molar-refractivity contribution is 5.86. The fourth-order valence-electron chi connectivity index (χ4n) is 2.37. The molecule has 26 heavy (non-hydrogen) atoms. The predicted octanol–water partition coefficient (Wildman–Crippen LogP) is 2.37. The van der Waals surface area contributed by atoms with Crippen LogP contribution in [-0.2, 0) is 4.79 Å². The summed E-state index contributed by atoms with van der Waals surface area (Å²) < 4.78 is 19.7. The molecule has 3 N–H and O–H groups in total. The van der Waals surface area contributed by atoms with Crippen LogP contribution >= 0.6 is 0 Å². The standard InChI is InChI=1S/C19H29FN4O2/c1-4-9-22-18(25)11-23-19(21-3)24-13(2)15-7-8-17(16(20)10-15)26-12-14-5-6-14/h7-8,10,13-14H,4-6,9,11-12H2,1-3H3,(H,22,25)(H2,21,23,24). The van der Waals surface area contributed by atoms with Gasteiger partial charge in [0.2, 0.25) is 5.91 Å². The van der Waals surface area contributed by atoms with Gasteiger partial charge in [-0.2, -0.15) is 0 Å². The van der Waals surface area contributed by atoms with Crippen LogP contribution in [0.25, 0.3) is 0 Å². The second-order valence-corrected chi connectivity index (χ2v) is 6.59. The van der Waals surface area contributed by atoms with Crippen molar-refractivity contribution in [3.05, 3.63) is 29.6 Å². The molecule has 0 saturated heterocycles. The monoisotopic (exact) mass is 364 g/mol. The molecule has 1 aromatic rings. The highest BCUT2D eigenvalue weighted by atomic mass is 19.1. The third kappa shape index (κ3) is 6.54. The summed E-state index contributed by atoms with van der Waals surface area (Å²) >= 11 is 0. The van der Waals surface area contributed by atoms with Crippen LogP contribution in [0.1, 0.15) is 44.7 Å². The highest BCUT2D eigenvalue weighted by Crippen LogP contribution is 2.30. The SMILES string of the molecule is CCCNC(=O)CNC(=NC)NC(C)c1ccc(OCC2CC2)c(F)c1. The number of halogens is 1. The van der Waals surface area contributed by atoms with Gasteiger partial charge >= 0.3 is 0 Å². The molecule has 1 unspecified atom stereocenters. The molecule has 1 aliphatic rings. The molecule has 0 aliphatic heterocycles. The van der Waals surface area contributed by atoms with Gasteiger partial charge in [0, 0.05) is 13.6 Å². The molecule has 0 spiro atoms. The number of benzene rings is 1. The lowest BCUT2D eigenvalue weighted by Gasteiger charge is -2.19. The Morgan fingerprint density at radius 3 is 2.77 bits per heavy atom. The van der Waals surface area contributed by atoms with E-state index in [1.54, 1.807) is 13.1 Å². The Balaban J connectivity index is 1.85. The first-order chi connectivity index (χ1) is 12.5. The van der Waals surface area contributed by atoms with Crippen molar-refractivity contribution in [1.82, 2.24) is 16.0 Å². The Bertz CT molecular complexity index is 632. The van der Waals surface area contributed by atoms with Gasteiger partial charge in [0.05, 0.1) is 19.2 Å². The van der Waals surface area contributed by atoms with Crippen molar-refractivity contribution in [2.75, 3.05) is 26.7 Å². The van der Waals surface area contributed by atoms with Crippen molar-refractivity contribution in [1.29, 1.82) is 0 Å². The largest absolute Gasteiger partial charge is 0.490 e. The molecule has 1 amide bonds. The molecule has 6 nitrogen and oxygen atoms in total. The number of rotatable bonds is 9. The van der Waals surface area contributed by atoms with Crippen LogP contribution in [0.2, 0.25) is 0 Å². The van der Waals surface area contributed by atoms with Gasteiger partial charge < -0.3 is 20.7 Å². The first-order valence-electron chi connectivity index (χ1n) is 9.19. The fraction of sp³-hybridized carbons (Fsp3) is 0.579. The number of carbonyl (C=O) groups is 1. The number of nitrogens with one attached hydrogen (secondary N) is 3. The van der Waals surface area contributed by atoms with Gasteiger partial charge in [-0.1, -0.05) is 13.0 Å². The molecule has 0 bridgehead atoms. The topological polar surface area (TPSA) is 74.8 Å². The zero-order valence-corrected chi connectivity index (χ0v) is 15.8. The lowest BCUT2D eigenvalue weighted by atomic mass is 10.1. The number of hydrogen-bond donors (Lipinski definition) is 3. The molecule has 0 heterocycles. The molecule has 144 valence electrons. The molecule has 1 aliphatic carbocycles. The third-order valence-corrected chi connectivity index (χ3v) is 4.19. The molecule has 1 fully saturated rings. The minimum atomic E-state index is -0.362. The Morgan fingerprint density at radius 2 is 2.15 bits per heavy atom.